The van der Waals surface area contributed by atoms with Crippen LogP contribution in [0, 0.1) is 6.92 Å². The molecule has 4 atom stereocenters. The van der Waals surface area contributed by atoms with Crippen LogP contribution >= 0.6 is 0 Å². The number of nitrogens with one attached hydrogen (secondary N) is 1. The molecule has 2 aliphatic rings. The fraction of sp³-hybridized carbons (Fsp3) is 0.419. The number of hydrogen-bond donors (Lipinski definition) is 1. The zero-order chi connectivity index (χ0) is 32.9. The Morgan fingerprint density at radius 1 is 1.02 bits per heavy atom. The summed E-state index contributed by atoms with van der Waals surface area (Å²) in [4.78, 5) is 52.7. The summed E-state index contributed by atoms with van der Waals surface area (Å²) in [6, 6.07) is 17.6. The first-order valence-corrected chi connectivity index (χ1v) is 16.2. The number of ether oxygens (including phenoxy) is 2. The topological polar surface area (TPSA) is 120 Å². The first-order chi connectivity index (χ1) is 21.0. The standard InChI is InChI=1S/C31H34F3N3O7Si/c1-19-16-36(28(41)35-25(19)39)26-23(43-20(2)38)24-30(44-26,17-37(24)27(40)31(32,33)34)18-42-45(29(3,4)5,21-12-8-6-9-13-21)22-14-10-7-11-15-22/h6-16,23-24,26H,17-18H2,1-5H3,(H,35,39,41)/t23-,24+,26-,30-/m1/s1. The third kappa shape index (κ3) is 5.55. The highest BCUT2D eigenvalue weighted by Crippen LogP contribution is 2.50. The van der Waals surface area contributed by atoms with E-state index in [1.54, 1.807) is 0 Å². The normalized spacial score (nSPS) is 23.3. The molecule has 5 rings (SSSR count). The predicted octanol–water partition coefficient (Wildman–Crippen LogP) is 2.39. The number of rotatable bonds is 7. The minimum atomic E-state index is -5.23. The van der Waals surface area contributed by atoms with Crippen molar-refractivity contribution in [2.45, 2.75) is 69.8 Å². The van der Waals surface area contributed by atoms with Crippen LogP contribution in [0.2, 0.25) is 5.04 Å². The molecule has 3 heterocycles. The Morgan fingerprint density at radius 3 is 2.07 bits per heavy atom. The third-order valence-electron chi connectivity index (χ3n) is 8.44. The molecule has 0 unspecified atom stereocenters. The van der Waals surface area contributed by atoms with Crippen LogP contribution in [-0.4, -0.2) is 71.7 Å². The summed E-state index contributed by atoms with van der Waals surface area (Å²) < 4.78 is 61.2. The molecule has 2 saturated heterocycles. The molecule has 1 N–H and O–H groups in total. The summed E-state index contributed by atoms with van der Waals surface area (Å²) in [5.41, 5.74) is -3.09. The summed E-state index contributed by atoms with van der Waals surface area (Å²) in [7, 11) is -3.26. The number of fused-ring (bicyclic) bond motifs is 1. The van der Waals surface area contributed by atoms with Gasteiger partial charge in [-0.3, -0.25) is 23.9 Å². The first-order valence-electron chi connectivity index (χ1n) is 14.3. The van der Waals surface area contributed by atoms with Gasteiger partial charge in [-0.2, -0.15) is 13.2 Å². The molecule has 45 heavy (non-hydrogen) atoms. The Kier molecular flexibility index (Phi) is 8.21. The highest BCUT2D eigenvalue weighted by Gasteiger charge is 2.71. The summed E-state index contributed by atoms with van der Waals surface area (Å²) in [6.07, 6.45) is -7.06. The molecule has 0 radical (unpaired) electrons. The maximum atomic E-state index is 13.8. The molecule has 14 heteroatoms. The van der Waals surface area contributed by atoms with Gasteiger partial charge >= 0.3 is 23.7 Å². The van der Waals surface area contributed by atoms with Crippen molar-refractivity contribution in [3.8, 4) is 0 Å². The van der Waals surface area contributed by atoms with Gasteiger partial charge in [0.25, 0.3) is 13.9 Å². The van der Waals surface area contributed by atoms with Crippen LogP contribution in [0.1, 0.15) is 39.5 Å². The van der Waals surface area contributed by atoms with Gasteiger partial charge in [-0.05, 0) is 22.3 Å². The molecular weight excluding hydrogens is 611 g/mol. The molecule has 240 valence electrons. The highest BCUT2D eigenvalue weighted by molar-refractivity contribution is 6.99. The van der Waals surface area contributed by atoms with Gasteiger partial charge in [0.2, 0.25) is 0 Å². The Bertz CT molecular complexity index is 1670. The lowest BCUT2D eigenvalue weighted by Gasteiger charge is -2.54. The molecule has 10 nitrogen and oxygen atoms in total. The Labute approximate surface area is 257 Å². The van der Waals surface area contributed by atoms with Crippen LogP contribution in [0.4, 0.5) is 13.2 Å². The molecule has 2 aromatic carbocycles. The predicted molar refractivity (Wildman–Crippen MR) is 160 cm³/mol. The van der Waals surface area contributed by atoms with Gasteiger partial charge in [0, 0.05) is 18.7 Å². The second-order valence-corrected chi connectivity index (χ2v) is 16.8. The number of alkyl halides is 3. The van der Waals surface area contributed by atoms with Gasteiger partial charge in [-0.25, -0.2) is 4.79 Å². The van der Waals surface area contributed by atoms with E-state index in [9.17, 15) is 32.3 Å². The number of aromatic nitrogens is 2. The summed E-state index contributed by atoms with van der Waals surface area (Å²) >= 11 is 0. The van der Waals surface area contributed by atoms with E-state index in [1.165, 1.54) is 13.1 Å². The first kappa shape index (κ1) is 32.4. The number of aromatic amines is 1. The molecule has 0 saturated carbocycles. The smallest absolute Gasteiger partial charge is 0.455 e. The van der Waals surface area contributed by atoms with Crippen molar-refractivity contribution in [1.82, 2.24) is 14.5 Å². The van der Waals surface area contributed by atoms with E-state index in [-0.39, 0.29) is 12.2 Å². The van der Waals surface area contributed by atoms with Crippen LogP contribution in [0.15, 0.2) is 76.4 Å². The molecule has 1 aromatic heterocycles. The molecule has 0 spiro atoms. The SMILES string of the molecule is CC(=O)O[C@H]1[C@H](n2cc(C)c(=O)[nH]c2=O)O[C@@]2(CO[Si](c3ccccc3)(c3ccccc3)C(C)(C)C)CN(C(=O)C(F)(F)F)[C@@H]12. The van der Waals surface area contributed by atoms with E-state index in [4.69, 9.17) is 13.9 Å². The monoisotopic (exact) mass is 645 g/mol. The van der Waals surface area contributed by atoms with E-state index in [2.05, 4.69) is 4.98 Å². The van der Waals surface area contributed by atoms with Crippen molar-refractivity contribution in [2.75, 3.05) is 13.2 Å². The number of hydrogen-bond acceptors (Lipinski definition) is 7. The van der Waals surface area contributed by atoms with E-state index in [1.807, 2.05) is 81.4 Å². The van der Waals surface area contributed by atoms with Gasteiger partial charge in [0.15, 0.2) is 12.3 Å². The van der Waals surface area contributed by atoms with Crippen molar-refractivity contribution >= 4 is 30.6 Å². The number of H-pyrrole nitrogens is 1. The average Bonchev–Trinajstić information content (AvgIpc) is 3.17. The number of aryl methyl sites for hydroxylation is 1. The highest BCUT2D eigenvalue weighted by atomic mass is 28.4. The number of carbonyl (C=O) groups is 2. The number of likely N-dealkylation sites (tertiary alicyclic amines) is 1. The van der Waals surface area contributed by atoms with Crippen molar-refractivity contribution in [3.05, 3.63) is 93.3 Å². The summed E-state index contributed by atoms with van der Waals surface area (Å²) in [5, 5.41) is 1.29. The molecule has 2 fully saturated rings. The largest absolute Gasteiger partial charge is 0.471 e. The van der Waals surface area contributed by atoms with Gasteiger partial charge < -0.3 is 18.8 Å². The molecule has 2 aliphatic heterocycles. The molecule has 0 bridgehead atoms. The maximum absolute atomic E-state index is 13.8. The summed E-state index contributed by atoms with van der Waals surface area (Å²) in [6.45, 7) is 7.73. The van der Waals surface area contributed by atoms with Crippen molar-refractivity contribution in [1.29, 1.82) is 0 Å². The fourth-order valence-corrected chi connectivity index (χ4v) is 11.1. The lowest BCUT2D eigenvalue weighted by atomic mass is 9.82. The van der Waals surface area contributed by atoms with Gasteiger partial charge in [-0.1, -0.05) is 81.4 Å². The number of esters is 1. The van der Waals surface area contributed by atoms with Crippen molar-refractivity contribution < 1.29 is 36.7 Å². The van der Waals surface area contributed by atoms with E-state index < -0.39 is 73.2 Å². The minimum absolute atomic E-state index is 0.111. The fourth-order valence-electron chi connectivity index (χ4n) is 6.52. The number of carbonyl (C=O) groups excluding carboxylic acids is 2. The zero-order valence-electron chi connectivity index (χ0n) is 25.4. The lowest BCUT2D eigenvalue weighted by molar-refractivity contribution is -0.221. The van der Waals surface area contributed by atoms with Crippen LogP contribution in [0.25, 0.3) is 0 Å². The molecular formula is C31H34F3N3O7Si. The summed E-state index contributed by atoms with van der Waals surface area (Å²) in [5.74, 6) is -3.00. The molecule has 0 aliphatic carbocycles. The zero-order valence-corrected chi connectivity index (χ0v) is 26.4. The quantitative estimate of drug-likeness (QED) is 0.310. The second-order valence-electron chi connectivity index (χ2n) is 12.5. The number of nitrogens with zero attached hydrogens (tertiary/aromatic N) is 2. The Balaban J connectivity index is 1.65. The minimum Gasteiger partial charge on any atom is -0.455 e. The lowest BCUT2D eigenvalue weighted by Crippen LogP contribution is -2.77. The van der Waals surface area contributed by atoms with Crippen molar-refractivity contribution in [2.24, 2.45) is 0 Å². The Morgan fingerprint density at radius 2 is 1.58 bits per heavy atom. The van der Waals surface area contributed by atoms with Crippen LogP contribution < -0.4 is 21.6 Å². The molecule has 3 aromatic rings. The van der Waals surface area contributed by atoms with E-state index in [0.29, 0.717) is 4.90 Å². The van der Waals surface area contributed by atoms with Crippen LogP contribution in [-0.2, 0) is 23.5 Å². The van der Waals surface area contributed by atoms with Crippen LogP contribution in [0.5, 0.6) is 0 Å². The van der Waals surface area contributed by atoms with E-state index >= 15 is 0 Å². The van der Waals surface area contributed by atoms with Gasteiger partial charge in [-0.15, -0.1) is 0 Å². The van der Waals surface area contributed by atoms with Crippen molar-refractivity contribution in [3.63, 3.8) is 0 Å². The number of halogens is 3. The molecule has 1 amide bonds. The van der Waals surface area contributed by atoms with E-state index in [0.717, 1.165) is 21.9 Å². The van der Waals surface area contributed by atoms with Crippen LogP contribution in [0.3, 0.4) is 0 Å². The maximum Gasteiger partial charge on any atom is 0.471 e. The second kappa shape index (κ2) is 11.4. The van der Waals surface area contributed by atoms with Gasteiger partial charge in [0.05, 0.1) is 13.2 Å². The number of amides is 1. The van der Waals surface area contributed by atoms with Gasteiger partial charge in [0.1, 0.15) is 11.6 Å². The third-order valence-corrected chi connectivity index (χ3v) is 13.4. The Hall–Kier alpha value is -4.01. The average molecular weight is 646 g/mol. The number of benzene rings is 2.